The van der Waals surface area contributed by atoms with Gasteiger partial charge in [-0.1, -0.05) is 5.57 Å². The molecule has 8 heteroatoms. The summed E-state index contributed by atoms with van der Waals surface area (Å²) < 4.78 is 10.7. The third kappa shape index (κ3) is 5.55. The molecular formula is C23H32N4O4. The molecule has 1 aromatic heterocycles. The zero-order valence-electron chi connectivity index (χ0n) is 18.2. The molecular weight excluding hydrogens is 396 g/mol. The van der Waals surface area contributed by atoms with Crippen molar-refractivity contribution in [2.24, 2.45) is 0 Å². The molecule has 8 nitrogen and oxygen atoms in total. The number of aromatic nitrogens is 1. The number of hydrogen-bond acceptors (Lipinski definition) is 7. The first kappa shape index (κ1) is 21.6. The van der Waals surface area contributed by atoms with Crippen LogP contribution in [0.3, 0.4) is 0 Å². The minimum absolute atomic E-state index is 0.0821. The van der Waals surface area contributed by atoms with Crippen LogP contribution in [0, 0.1) is 0 Å². The van der Waals surface area contributed by atoms with E-state index in [0.717, 1.165) is 64.0 Å². The number of amides is 1. The third-order valence-electron chi connectivity index (χ3n) is 6.40. The molecule has 168 valence electrons. The number of hydrogen-bond donors (Lipinski definition) is 0. The molecule has 4 rings (SSSR count). The van der Waals surface area contributed by atoms with Gasteiger partial charge in [-0.25, -0.2) is 9.59 Å². The van der Waals surface area contributed by atoms with E-state index in [1.807, 2.05) is 36.4 Å². The van der Waals surface area contributed by atoms with Crippen LogP contribution in [-0.2, 0) is 14.3 Å². The van der Waals surface area contributed by atoms with E-state index in [9.17, 15) is 9.59 Å². The summed E-state index contributed by atoms with van der Waals surface area (Å²) in [6.45, 7) is 7.27. The Hall–Kier alpha value is -2.61. The summed E-state index contributed by atoms with van der Waals surface area (Å²) in [5.74, 6) is -0.249. The summed E-state index contributed by atoms with van der Waals surface area (Å²) in [6.07, 6.45) is 8.64. The van der Waals surface area contributed by atoms with Crippen molar-refractivity contribution in [1.82, 2.24) is 14.8 Å². The van der Waals surface area contributed by atoms with E-state index >= 15 is 0 Å². The minimum atomic E-state index is -0.249. The second kappa shape index (κ2) is 10.1. The van der Waals surface area contributed by atoms with Gasteiger partial charge in [0.1, 0.15) is 6.10 Å². The first-order chi connectivity index (χ1) is 15.1. The molecule has 3 saturated heterocycles. The Labute approximate surface area is 183 Å². The SMILES string of the molecule is CCOC(=O)C=C1CCN(CC2CN(C3CCN(c4ccncc4)CC3)C(=O)O2)CC1. The fourth-order valence-corrected chi connectivity index (χ4v) is 4.73. The highest BCUT2D eigenvalue weighted by Crippen LogP contribution is 2.26. The van der Waals surface area contributed by atoms with Gasteiger partial charge in [-0.3, -0.25) is 9.88 Å². The number of cyclic esters (lactones) is 1. The minimum Gasteiger partial charge on any atom is -0.463 e. The standard InChI is InChI=1S/C23H32N4O4/c1-2-30-22(28)15-18-5-11-25(12-6-18)16-21-17-27(23(29)31-21)20-7-13-26(14-8-20)19-3-9-24-10-4-19/h3-4,9-10,15,20-21H,2,5-8,11-14,16-17H2,1H3. The zero-order valence-corrected chi connectivity index (χ0v) is 18.2. The fourth-order valence-electron chi connectivity index (χ4n) is 4.73. The second-order valence-electron chi connectivity index (χ2n) is 8.44. The Morgan fingerprint density at radius 2 is 1.90 bits per heavy atom. The van der Waals surface area contributed by atoms with Crippen LogP contribution in [0.4, 0.5) is 10.5 Å². The van der Waals surface area contributed by atoms with Crippen LogP contribution in [0.25, 0.3) is 0 Å². The summed E-state index contributed by atoms with van der Waals surface area (Å²) in [5.41, 5.74) is 2.33. The summed E-state index contributed by atoms with van der Waals surface area (Å²) >= 11 is 0. The molecule has 0 N–H and O–H groups in total. The predicted molar refractivity (Wildman–Crippen MR) is 117 cm³/mol. The average molecular weight is 429 g/mol. The van der Waals surface area contributed by atoms with Crippen molar-refractivity contribution in [3.8, 4) is 0 Å². The zero-order chi connectivity index (χ0) is 21.6. The molecule has 0 spiro atoms. The molecule has 1 aromatic rings. The van der Waals surface area contributed by atoms with E-state index < -0.39 is 0 Å². The number of carbonyl (C=O) groups is 2. The van der Waals surface area contributed by atoms with Crippen LogP contribution in [0.2, 0.25) is 0 Å². The van der Waals surface area contributed by atoms with Crippen molar-refractivity contribution in [2.45, 2.75) is 44.8 Å². The normalized spacial score (nSPS) is 23.1. The number of anilines is 1. The van der Waals surface area contributed by atoms with Crippen LogP contribution in [-0.4, -0.2) is 84.9 Å². The Balaban J connectivity index is 1.22. The van der Waals surface area contributed by atoms with Gasteiger partial charge in [-0.15, -0.1) is 0 Å². The van der Waals surface area contributed by atoms with E-state index in [4.69, 9.17) is 9.47 Å². The molecule has 3 fully saturated rings. The third-order valence-corrected chi connectivity index (χ3v) is 6.40. The number of nitrogens with zero attached hydrogens (tertiary/aromatic N) is 4. The van der Waals surface area contributed by atoms with Crippen molar-refractivity contribution >= 4 is 17.7 Å². The van der Waals surface area contributed by atoms with Crippen LogP contribution in [0.15, 0.2) is 36.2 Å². The van der Waals surface area contributed by atoms with Crippen molar-refractivity contribution in [2.75, 3.05) is 50.8 Å². The Morgan fingerprint density at radius 3 is 2.58 bits per heavy atom. The summed E-state index contributed by atoms with van der Waals surface area (Å²) in [4.78, 5) is 34.8. The molecule has 31 heavy (non-hydrogen) atoms. The van der Waals surface area contributed by atoms with Gasteiger partial charge in [0.05, 0.1) is 13.2 Å². The fraction of sp³-hybridized carbons (Fsp3) is 0.609. The topological polar surface area (TPSA) is 75.2 Å². The highest BCUT2D eigenvalue weighted by molar-refractivity contribution is 5.82. The Bertz CT molecular complexity index is 782. The van der Waals surface area contributed by atoms with Gasteiger partial charge >= 0.3 is 12.1 Å². The van der Waals surface area contributed by atoms with E-state index in [0.29, 0.717) is 13.2 Å². The number of carbonyl (C=O) groups excluding carboxylic acids is 2. The lowest BCUT2D eigenvalue weighted by molar-refractivity contribution is -0.137. The number of rotatable bonds is 6. The Kier molecular flexibility index (Phi) is 7.06. The quantitative estimate of drug-likeness (QED) is 0.509. The summed E-state index contributed by atoms with van der Waals surface area (Å²) in [5, 5.41) is 0. The average Bonchev–Trinajstić information content (AvgIpc) is 3.16. The van der Waals surface area contributed by atoms with Crippen LogP contribution >= 0.6 is 0 Å². The van der Waals surface area contributed by atoms with E-state index in [1.165, 1.54) is 5.69 Å². The molecule has 0 bridgehead atoms. The molecule has 0 aromatic carbocycles. The molecule has 4 heterocycles. The highest BCUT2D eigenvalue weighted by Gasteiger charge is 2.38. The van der Waals surface area contributed by atoms with E-state index in [1.54, 1.807) is 6.08 Å². The highest BCUT2D eigenvalue weighted by atomic mass is 16.6. The number of ether oxygens (including phenoxy) is 2. The number of likely N-dealkylation sites (tertiary alicyclic amines) is 1. The van der Waals surface area contributed by atoms with Gasteiger partial charge in [0.15, 0.2) is 0 Å². The van der Waals surface area contributed by atoms with Crippen molar-refractivity contribution in [3.05, 3.63) is 36.2 Å². The number of piperidine rings is 2. The monoisotopic (exact) mass is 428 g/mol. The smallest absolute Gasteiger partial charge is 0.410 e. The maximum Gasteiger partial charge on any atom is 0.410 e. The lowest BCUT2D eigenvalue weighted by Crippen LogP contribution is -2.46. The van der Waals surface area contributed by atoms with Gasteiger partial charge in [0.25, 0.3) is 0 Å². The van der Waals surface area contributed by atoms with Gasteiger partial charge in [0, 0.05) is 62.9 Å². The van der Waals surface area contributed by atoms with Crippen LogP contribution < -0.4 is 4.90 Å². The van der Waals surface area contributed by atoms with Gasteiger partial charge in [-0.05, 0) is 44.7 Å². The second-order valence-corrected chi connectivity index (χ2v) is 8.44. The lowest BCUT2D eigenvalue weighted by Gasteiger charge is -2.36. The van der Waals surface area contributed by atoms with Gasteiger partial charge in [-0.2, -0.15) is 0 Å². The summed E-state index contributed by atoms with van der Waals surface area (Å²) in [7, 11) is 0. The molecule has 0 saturated carbocycles. The lowest BCUT2D eigenvalue weighted by atomic mass is 10.0. The predicted octanol–water partition coefficient (Wildman–Crippen LogP) is 2.46. The van der Waals surface area contributed by atoms with E-state index in [-0.39, 0.29) is 24.2 Å². The number of pyridine rings is 1. The molecule has 1 atom stereocenters. The molecule has 1 unspecified atom stereocenters. The van der Waals surface area contributed by atoms with Gasteiger partial charge < -0.3 is 19.3 Å². The molecule has 3 aliphatic heterocycles. The van der Waals surface area contributed by atoms with Crippen molar-refractivity contribution in [3.63, 3.8) is 0 Å². The van der Waals surface area contributed by atoms with E-state index in [2.05, 4.69) is 14.8 Å². The molecule has 0 aliphatic carbocycles. The first-order valence-corrected chi connectivity index (χ1v) is 11.3. The van der Waals surface area contributed by atoms with Gasteiger partial charge in [0.2, 0.25) is 0 Å². The largest absolute Gasteiger partial charge is 0.463 e. The molecule has 3 aliphatic rings. The van der Waals surface area contributed by atoms with Crippen molar-refractivity contribution in [1.29, 1.82) is 0 Å². The Morgan fingerprint density at radius 1 is 1.19 bits per heavy atom. The molecule has 1 amide bonds. The molecule has 0 radical (unpaired) electrons. The number of esters is 1. The van der Waals surface area contributed by atoms with Crippen molar-refractivity contribution < 1.29 is 19.1 Å². The van der Waals surface area contributed by atoms with Crippen LogP contribution in [0.5, 0.6) is 0 Å². The first-order valence-electron chi connectivity index (χ1n) is 11.3. The maximum absolute atomic E-state index is 12.5. The van der Waals surface area contributed by atoms with Crippen LogP contribution in [0.1, 0.15) is 32.6 Å². The summed E-state index contributed by atoms with van der Waals surface area (Å²) in [6, 6.07) is 4.31. The maximum atomic E-state index is 12.5.